The Balaban J connectivity index is 2.15. The number of hydrogen-bond acceptors (Lipinski definition) is 4. The Morgan fingerprint density at radius 3 is 2.47 bits per heavy atom. The van der Waals surface area contributed by atoms with E-state index in [1.807, 2.05) is 13.0 Å². The quantitative estimate of drug-likeness (QED) is 0.574. The van der Waals surface area contributed by atoms with Gasteiger partial charge in [0.25, 0.3) is 0 Å². The van der Waals surface area contributed by atoms with Gasteiger partial charge in [-0.05, 0) is 42.6 Å². The van der Waals surface area contributed by atoms with Crippen LogP contribution in [-0.2, 0) is 0 Å². The monoisotopic (exact) mass is 318 g/mol. The number of piperazine rings is 1. The van der Waals surface area contributed by atoms with Gasteiger partial charge in [0.2, 0.25) is 5.95 Å². The molecule has 5 heteroatoms. The molecule has 0 aliphatic carbocycles. The van der Waals surface area contributed by atoms with Gasteiger partial charge in [-0.2, -0.15) is 0 Å². The van der Waals surface area contributed by atoms with Crippen molar-refractivity contribution in [1.29, 1.82) is 0 Å². The highest BCUT2D eigenvalue weighted by Gasteiger charge is 2.16. The lowest BCUT2D eigenvalue weighted by Gasteiger charge is -2.32. The summed E-state index contributed by atoms with van der Waals surface area (Å²) in [4.78, 5) is 13.5. The van der Waals surface area contributed by atoms with Crippen molar-refractivity contribution < 1.29 is 0 Å². The summed E-state index contributed by atoms with van der Waals surface area (Å²) in [5.74, 6) is 0.882. The van der Waals surface area contributed by atoms with Gasteiger partial charge in [0.05, 0.1) is 0 Å². The number of anilines is 1. The molecule has 0 saturated carbocycles. The maximum Gasteiger partial charge on any atom is 0.226 e. The van der Waals surface area contributed by atoms with Crippen LogP contribution in [0.4, 0.5) is 5.95 Å². The molecule has 0 spiro atoms. The smallest absolute Gasteiger partial charge is 0.226 e. The SMILES string of the molecule is Cc1cc(I)nc(N2CCN(C)CC2)n1. The summed E-state index contributed by atoms with van der Waals surface area (Å²) in [7, 11) is 2.15. The lowest BCUT2D eigenvalue weighted by molar-refractivity contribution is 0.311. The first-order valence-electron chi connectivity index (χ1n) is 5.10. The molecule has 1 aliphatic heterocycles. The van der Waals surface area contributed by atoms with Gasteiger partial charge in [-0.1, -0.05) is 0 Å². The third kappa shape index (κ3) is 2.78. The van der Waals surface area contributed by atoms with E-state index in [9.17, 15) is 0 Å². The number of aryl methyl sites for hydroxylation is 1. The second kappa shape index (κ2) is 4.61. The summed E-state index contributed by atoms with van der Waals surface area (Å²) < 4.78 is 1.02. The maximum absolute atomic E-state index is 4.47. The van der Waals surface area contributed by atoms with Crippen LogP contribution in [0.25, 0.3) is 0 Å². The largest absolute Gasteiger partial charge is 0.338 e. The fraction of sp³-hybridized carbons (Fsp3) is 0.600. The minimum atomic E-state index is 0.882. The van der Waals surface area contributed by atoms with E-state index in [4.69, 9.17) is 0 Å². The van der Waals surface area contributed by atoms with Gasteiger partial charge in [-0.25, -0.2) is 9.97 Å². The van der Waals surface area contributed by atoms with E-state index < -0.39 is 0 Å². The number of halogens is 1. The average molecular weight is 318 g/mol. The number of rotatable bonds is 1. The maximum atomic E-state index is 4.47. The topological polar surface area (TPSA) is 32.3 Å². The van der Waals surface area contributed by atoms with Crippen LogP contribution in [0, 0.1) is 10.6 Å². The first-order valence-corrected chi connectivity index (χ1v) is 6.18. The van der Waals surface area contributed by atoms with Crippen molar-refractivity contribution in [3.8, 4) is 0 Å². The molecule has 82 valence electrons. The van der Waals surface area contributed by atoms with Gasteiger partial charge >= 0.3 is 0 Å². The molecular weight excluding hydrogens is 303 g/mol. The van der Waals surface area contributed by atoms with E-state index in [2.05, 4.69) is 49.4 Å². The van der Waals surface area contributed by atoms with Crippen molar-refractivity contribution in [1.82, 2.24) is 14.9 Å². The molecule has 0 radical (unpaired) electrons. The van der Waals surface area contributed by atoms with Crippen molar-refractivity contribution in [2.24, 2.45) is 0 Å². The Morgan fingerprint density at radius 1 is 1.20 bits per heavy atom. The van der Waals surface area contributed by atoms with E-state index in [0.717, 1.165) is 41.5 Å². The molecule has 4 nitrogen and oxygen atoms in total. The first kappa shape index (κ1) is 11.1. The molecule has 1 aliphatic rings. The van der Waals surface area contributed by atoms with Crippen molar-refractivity contribution >= 4 is 28.5 Å². The predicted octanol–water partition coefficient (Wildman–Crippen LogP) is 1.14. The van der Waals surface area contributed by atoms with Gasteiger partial charge in [0.1, 0.15) is 3.70 Å². The predicted molar refractivity (Wildman–Crippen MR) is 69.2 cm³/mol. The van der Waals surface area contributed by atoms with Crippen LogP contribution >= 0.6 is 22.6 Å². The third-order valence-electron chi connectivity index (χ3n) is 2.60. The lowest BCUT2D eigenvalue weighted by atomic mass is 10.3. The van der Waals surface area contributed by atoms with E-state index in [1.54, 1.807) is 0 Å². The van der Waals surface area contributed by atoms with E-state index in [-0.39, 0.29) is 0 Å². The standard InChI is InChI=1S/C10H15IN4/c1-8-7-9(11)13-10(12-8)15-5-3-14(2)4-6-15/h7H,3-6H2,1-2H3. The molecule has 0 unspecified atom stereocenters. The molecule has 2 heterocycles. The zero-order valence-corrected chi connectivity index (χ0v) is 11.2. The summed E-state index contributed by atoms with van der Waals surface area (Å²) in [5.41, 5.74) is 1.04. The lowest BCUT2D eigenvalue weighted by Crippen LogP contribution is -2.45. The van der Waals surface area contributed by atoms with Gasteiger partial charge in [0.15, 0.2) is 0 Å². The van der Waals surface area contributed by atoms with Crippen LogP contribution in [0.15, 0.2) is 6.07 Å². The molecular formula is C10H15IN4. The Labute approximate surface area is 104 Å². The molecule has 0 atom stereocenters. The molecule has 1 aromatic heterocycles. The number of likely N-dealkylation sites (N-methyl/N-ethyl adjacent to an activating group) is 1. The summed E-state index contributed by atoms with van der Waals surface area (Å²) in [5, 5.41) is 0. The highest BCUT2D eigenvalue weighted by molar-refractivity contribution is 14.1. The zero-order chi connectivity index (χ0) is 10.8. The van der Waals surface area contributed by atoms with Crippen LogP contribution in [0.1, 0.15) is 5.69 Å². The molecule has 0 bridgehead atoms. The van der Waals surface area contributed by atoms with E-state index in [0.29, 0.717) is 0 Å². The summed E-state index contributed by atoms with van der Waals surface area (Å²) in [6.45, 7) is 6.25. The first-order chi connectivity index (χ1) is 7.15. The van der Waals surface area contributed by atoms with Crippen molar-refractivity contribution in [2.75, 3.05) is 38.1 Å². The highest BCUT2D eigenvalue weighted by atomic mass is 127. The summed E-state index contributed by atoms with van der Waals surface area (Å²) >= 11 is 2.24. The van der Waals surface area contributed by atoms with Crippen LogP contribution in [0.2, 0.25) is 0 Å². The second-order valence-corrected chi connectivity index (χ2v) is 5.03. The third-order valence-corrected chi connectivity index (χ3v) is 3.15. The van der Waals surface area contributed by atoms with Crippen LogP contribution in [0.3, 0.4) is 0 Å². The molecule has 0 aromatic carbocycles. The molecule has 1 fully saturated rings. The number of hydrogen-bond donors (Lipinski definition) is 0. The Morgan fingerprint density at radius 2 is 1.87 bits per heavy atom. The fourth-order valence-corrected chi connectivity index (χ4v) is 2.33. The van der Waals surface area contributed by atoms with Gasteiger partial charge in [0, 0.05) is 31.9 Å². The summed E-state index contributed by atoms with van der Waals surface area (Å²) in [6, 6.07) is 2.00. The van der Waals surface area contributed by atoms with Crippen LogP contribution < -0.4 is 4.90 Å². The number of aromatic nitrogens is 2. The number of nitrogens with zero attached hydrogens (tertiary/aromatic N) is 4. The van der Waals surface area contributed by atoms with Crippen molar-refractivity contribution in [2.45, 2.75) is 6.92 Å². The Kier molecular flexibility index (Phi) is 3.40. The Hall–Kier alpha value is -0.430. The van der Waals surface area contributed by atoms with Crippen molar-refractivity contribution in [3.63, 3.8) is 0 Å². The van der Waals surface area contributed by atoms with Gasteiger partial charge < -0.3 is 9.80 Å². The van der Waals surface area contributed by atoms with Crippen LogP contribution in [-0.4, -0.2) is 48.1 Å². The molecule has 1 saturated heterocycles. The van der Waals surface area contributed by atoms with Crippen LogP contribution in [0.5, 0.6) is 0 Å². The van der Waals surface area contributed by atoms with Gasteiger partial charge in [-0.15, -0.1) is 0 Å². The molecule has 0 amide bonds. The Bertz CT molecular complexity index is 327. The zero-order valence-electron chi connectivity index (χ0n) is 9.07. The summed E-state index contributed by atoms with van der Waals surface area (Å²) in [6.07, 6.45) is 0. The van der Waals surface area contributed by atoms with E-state index in [1.165, 1.54) is 0 Å². The second-order valence-electron chi connectivity index (χ2n) is 3.92. The normalized spacial score (nSPS) is 18.2. The minimum Gasteiger partial charge on any atom is -0.338 e. The average Bonchev–Trinajstić information content (AvgIpc) is 2.17. The molecule has 15 heavy (non-hydrogen) atoms. The highest BCUT2D eigenvalue weighted by Crippen LogP contribution is 2.13. The van der Waals surface area contributed by atoms with Gasteiger partial charge in [-0.3, -0.25) is 0 Å². The molecule has 0 N–H and O–H groups in total. The van der Waals surface area contributed by atoms with Crippen molar-refractivity contribution in [3.05, 3.63) is 15.5 Å². The van der Waals surface area contributed by atoms with E-state index >= 15 is 0 Å². The fourth-order valence-electron chi connectivity index (χ4n) is 1.66. The minimum absolute atomic E-state index is 0.882. The molecule has 2 rings (SSSR count). The molecule has 1 aromatic rings.